The van der Waals surface area contributed by atoms with Gasteiger partial charge in [-0.05, 0) is 81.2 Å². The molecule has 2 amide bonds. The first-order valence-electron chi connectivity index (χ1n) is 17.2. The van der Waals surface area contributed by atoms with Gasteiger partial charge in [-0.2, -0.15) is 0 Å². The lowest BCUT2D eigenvalue weighted by atomic mass is 9.70. The molecule has 2 aliphatic heterocycles. The van der Waals surface area contributed by atoms with Crippen molar-refractivity contribution in [2.75, 3.05) is 20.3 Å². The van der Waals surface area contributed by atoms with E-state index in [0.29, 0.717) is 30.4 Å². The van der Waals surface area contributed by atoms with E-state index < -0.39 is 19.8 Å². The van der Waals surface area contributed by atoms with Gasteiger partial charge in [-0.3, -0.25) is 9.59 Å². The molecular weight excluding hydrogens is 548 g/mol. The summed E-state index contributed by atoms with van der Waals surface area (Å²) in [6.07, 6.45) is 12.8. The summed E-state index contributed by atoms with van der Waals surface area (Å²) in [4.78, 5) is 29.6. The third-order valence-corrected chi connectivity index (χ3v) is 17.8. The number of hydrogen-bond acceptors (Lipinski definition) is 6. The number of fused-ring (bicyclic) bond motifs is 2. The van der Waals surface area contributed by atoms with E-state index in [2.05, 4.69) is 30.2 Å². The Morgan fingerprint density at radius 3 is 2.43 bits per heavy atom. The topological polar surface area (TPSA) is 108 Å². The molecule has 240 valence electrons. The van der Waals surface area contributed by atoms with Gasteiger partial charge in [-0.15, -0.1) is 0 Å². The Hall–Kier alpha value is -1.00. The molecule has 0 aromatic rings. The zero-order valence-electron chi connectivity index (χ0n) is 26.9. The second kappa shape index (κ2) is 13.2. The number of ether oxygens (including phenoxy) is 2. The van der Waals surface area contributed by atoms with Crippen molar-refractivity contribution in [3.05, 3.63) is 0 Å². The number of carbonyl (C=O) groups is 2. The number of nitrogens with one attached hydrogen (secondary N) is 1. The van der Waals surface area contributed by atoms with E-state index in [1.807, 2.05) is 7.11 Å². The van der Waals surface area contributed by atoms with Gasteiger partial charge in [0.15, 0.2) is 5.60 Å². The van der Waals surface area contributed by atoms with Gasteiger partial charge in [0.1, 0.15) is 6.10 Å². The van der Waals surface area contributed by atoms with Crippen LogP contribution in [0.5, 0.6) is 0 Å². The van der Waals surface area contributed by atoms with Crippen molar-refractivity contribution >= 4 is 19.9 Å². The maximum absolute atomic E-state index is 14.9. The Balaban J connectivity index is 1.47. The molecule has 0 radical (unpaired) electrons. The minimum atomic E-state index is -1.94. The van der Waals surface area contributed by atoms with Crippen LogP contribution in [-0.2, 0) is 19.1 Å². The first-order valence-corrected chi connectivity index (χ1v) is 20.3. The number of methoxy groups -OCH3 is 1. The fourth-order valence-corrected chi connectivity index (χ4v) is 15.4. The van der Waals surface area contributed by atoms with Gasteiger partial charge >= 0.3 is 0 Å². The number of likely N-dealkylation sites (tertiary alicyclic amines) is 1. The monoisotopic (exact) mass is 606 g/mol. The first kappa shape index (κ1) is 32.4. The Kier molecular flexibility index (Phi) is 10.1. The van der Waals surface area contributed by atoms with Crippen LogP contribution >= 0.6 is 0 Å². The van der Waals surface area contributed by atoms with Crippen molar-refractivity contribution in [1.82, 2.24) is 10.2 Å². The highest BCUT2D eigenvalue weighted by Crippen LogP contribution is 2.62. The maximum atomic E-state index is 14.9. The zero-order valence-corrected chi connectivity index (χ0v) is 27.9. The summed E-state index contributed by atoms with van der Waals surface area (Å²) in [5.41, 5.74) is 0.0123. The van der Waals surface area contributed by atoms with Crippen molar-refractivity contribution in [1.29, 1.82) is 0 Å². The van der Waals surface area contributed by atoms with Crippen LogP contribution in [0.2, 0.25) is 24.2 Å². The Labute approximate surface area is 254 Å². The van der Waals surface area contributed by atoms with E-state index in [1.54, 1.807) is 0 Å². The number of amides is 2. The second-order valence-electron chi connectivity index (χ2n) is 15.1. The van der Waals surface area contributed by atoms with Gasteiger partial charge in [0.05, 0.1) is 20.3 Å². The van der Waals surface area contributed by atoms with Gasteiger partial charge in [0, 0.05) is 38.3 Å². The highest BCUT2D eigenvalue weighted by molar-refractivity contribution is 6.80. The normalized spacial score (nSPS) is 40.4. The number of carbonyl (C=O) groups excluding carboxylic acids is 2. The summed E-state index contributed by atoms with van der Waals surface area (Å²) in [5, 5.41) is 23.2. The maximum Gasteiger partial charge on any atom is 0.255 e. The molecular formula is C33H58N2O6Si. The molecule has 0 bridgehead atoms. The standard InChI is InChI=1S/C33H58N2O6Si/c1-21-30(42(4,5)26-14-12-25(40-3)13-15-26)29(17-18-36)41-33(21)27-19-24(34-31(38)22(2)37)11-16-28(27)35(32(33)39)20-23-9-7-6-8-10-23/h21-30,36-37H,6-20H2,1-5H3,(H,34,38)/t21-,22+,24?,25?,26?,27?,28?,29+,30-,33+/m1/s1. The van der Waals surface area contributed by atoms with Gasteiger partial charge in [0.25, 0.3) is 5.91 Å². The minimum Gasteiger partial charge on any atom is -0.396 e. The molecule has 8 atom stereocenters. The van der Waals surface area contributed by atoms with E-state index in [4.69, 9.17) is 9.47 Å². The van der Waals surface area contributed by atoms with Crippen LogP contribution in [0.1, 0.15) is 97.3 Å². The van der Waals surface area contributed by atoms with Gasteiger partial charge in [-0.1, -0.05) is 52.1 Å². The van der Waals surface area contributed by atoms with E-state index in [-0.39, 0.29) is 54.0 Å². The number of rotatable bonds is 9. The van der Waals surface area contributed by atoms with Crippen LogP contribution in [0.15, 0.2) is 0 Å². The van der Waals surface area contributed by atoms with Crippen LogP contribution in [0.3, 0.4) is 0 Å². The Morgan fingerprint density at radius 1 is 1.12 bits per heavy atom. The van der Waals surface area contributed by atoms with Crippen LogP contribution in [0, 0.1) is 17.8 Å². The van der Waals surface area contributed by atoms with Crippen LogP contribution < -0.4 is 5.32 Å². The zero-order chi connectivity index (χ0) is 30.2. The lowest BCUT2D eigenvalue weighted by Crippen LogP contribution is -2.53. The molecule has 3 unspecified atom stereocenters. The summed E-state index contributed by atoms with van der Waals surface area (Å²) >= 11 is 0. The molecule has 2 heterocycles. The molecule has 42 heavy (non-hydrogen) atoms. The average molecular weight is 607 g/mol. The molecule has 8 nitrogen and oxygen atoms in total. The van der Waals surface area contributed by atoms with Crippen LogP contribution in [-0.4, -0.2) is 91.3 Å². The molecule has 5 aliphatic rings. The largest absolute Gasteiger partial charge is 0.396 e. The third kappa shape index (κ3) is 5.86. The molecule has 2 saturated heterocycles. The lowest BCUT2D eigenvalue weighted by Gasteiger charge is -2.45. The lowest BCUT2D eigenvalue weighted by molar-refractivity contribution is -0.156. The summed E-state index contributed by atoms with van der Waals surface area (Å²) in [7, 11) is -0.119. The highest BCUT2D eigenvalue weighted by atomic mass is 28.3. The summed E-state index contributed by atoms with van der Waals surface area (Å²) in [6, 6.07) is 0.0467. The van der Waals surface area contributed by atoms with Crippen molar-refractivity contribution in [2.45, 2.75) is 157 Å². The number of hydrogen-bond donors (Lipinski definition) is 3. The van der Waals surface area contributed by atoms with E-state index in [0.717, 1.165) is 32.2 Å². The molecule has 0 aromatic carbocycles. The molecule has 5 rings (SSSR count). The van der Waals surface area contributed by atoms with E-state index in [9.17, 15) is 19.8 Å². The fourth-order valence-electron chi connectivity index (χ4n) is 10.3. The predicted molar refractivity (Wildman–Crippen MR) is 166 cm³/mol. The van der Waals surface area contributed by atoms with E-state index in [1.165, 1.54) is 51.9 Å². The summed E-state index contributed by atoms with van der Waals surface area (Å²) in [6.45, 7) is 9.71. The summed E-state index contributed by atoms with van der Waals surface area (Å²) in [5.74, 6) is 0.438. The smallest absolute Gasteiger partial charge is 0.255 e. The molecule has 5 fully saturated rings. The first-order chi connectivity index (χ1) is 20.0. The number of aliphatic hydroxyl groups excluding tert-OH is 2. The quantitative estimate of drug-likeness (QED) is 0.330. The molecule has 0 aromatic heterocycles. The van der Waals surface area contributed by atoms with Crippen LogP contribution in [0.4, 0.5) is 0 Å². The van der Waals surface area contributed by atoms with Gasteiger partial charge in [0.2, 0.25) is 5.91 Å². The Morgan fingerprint density at radius 2 is 1.81 bits per heavy atom. The predicted octanol–water partition coefficient (Wildman–Crippen LogP) is 4.64. The summed E-state index contributed by atoms with van der Waals surface area (Å²) < 4.78 is 12.9. The van der Waals surface area contributed by atoms with Gasteiger partial charge in [-0.25, -0.2) is 0 Å². The van der Waals surface area contributed by atoms with Crippen molar-refractivity contribution in [2.24, 2.45) is 17.8 Å². The van der Waals surface area contributed by atoms with Crippen molar-refractivity contribution in [3.8, 4) is 0 Å². The SMILES string of the molecule is COC1CCC([Si](C)(C)[C@H]2[C@H](CCO)O[C@@]3(C(=O)N(CC4CCCCC4)C4CCC(NC(=O)[C@H](C)O)CC43)[C@@H]2C)CC1. The van der Waals surface area contributed by atoms with E-state index >= 15 is 0 Å². The number of aliphatic hydroxyl groups is 2. The minimum absolute atomic E-state index is 0.00291. The molecule has 9 heteroatoms. The van der Waals surface area contributed by atoms with Crippen molar-refractivity contribution in [3.63, 3.8) is 0 Å². The Bertz CT molecular complexity index is 949. The molecule has 3 N–H and O–H groups in total. The van der Waals surface area contributed by atoms with Gasteiger partial charge < -0.3 is 29.9 Å². The number of nitrogens with zero attached hydrogens (tertiary/aromatic N) is 1. The second-order valence-corrected chi connectivity index (χ2v) is 20.3. The molecule has 1 spiro atoms. The average Bonchev–Trinajstić information content (AvgIpc) is 3.40. The fraction of sp³-hybridized carbons (Fsp3) is 0.939. The van der Waals surface area contributed by atoms with Crippen LogP contribution in [0.25, 0.3) is 0 Å². The molecule has 3 saturated carbocycles. The molecule has 3 aliphatic carbocycles. The van der Waals surface area contributed by atoms with Crippen molar-refractivity contribution < 1.29 is 29.3 Å². The third-order valence-electron chi connectivity index (χ3n) is 12.6. The highest BCUT2D eigenvalue weighted by Gasteiger charge is 2.71.